The lowest BCUT2D eigenvalue weighted by Gasteiger charge is -2.08. The topological polar surface area (TPSA) is 77.2 Å². The highest BCUT2D eigenvalue weighted by Gasteiger charge is 2.10. The molecule has 0 aliphatic heterocycles. The Hall–Kier alpha value is -2.08. The van der Waals surface area contributed by atoms with Gasteiger partial charge in [0.15, 0.2) is 0 Å². The van der Waals surface area contributed by atoms with Gasteiger partial charge in [0.05, 0.1) is 24.0 Å². The Balaban J connectivity index is 2.16. The van der Waals surface area contributed by atoms with E-state index in [1.165, 1.54) is 18.4 Å². The number of hydrogen-bond donors (Lipinski definition) is 2. The molecule has 0 saturated heterocycles. The molecule has 1 amide bonds. The molecule has 3 N–H and O–H groups in total. The van der Waals surface area contributed by atoms with Gasteiger partial charge in [-0.15, -0.1) is 11.3 Å². The van der Waals surface area contributed by atoms with Crippen LogP contribution in [0.2, 0.25) is 0 Å². The Bertz CT molecular complexity index is 580. The number of aromatic nitrogens is 1. The van der Waals surface area contributed by atoms with Gasteiger partial charge in [0.1, 0.15) is 10.6 Å². The van der Waals surface area contributed by atoms with E-state index in [9.17, 15) is 4.79 Å². The minimum absolute atomic E-state index is 0.188. The number of nitrogens with zero attached hydrogens (tertiary/aromatic N) is 1. The van der Waals surface area contributed by atoms with Crippen molar-refractivity contribution < 1.29 is 9.53 Å². The second kappa shape index (κ2) is 5.05. The largest absolute Gasteiger partial charge is 0.495 e. The van der Waals surface area contributed by atoms with E-state index in [1.807, 2.05) is 6.92 Å². The molecule has 94 valence electrons. The van der Waals surface area contributed by atoms with E-state index in [0.29, 0.717) is 22.0 Å². The van der Waals surface area contributed by atoms with Gasteiger partial charge in [-0.2, -0.15) is 0 Å². The average Bonchev–Trinajstić information content (AvgIpc) is 2.78. The van der Waals surface area contributed by atoms with E-state index in [1.54, 1.807) is 24.4 Å². The normalized spacial score (nSPS) is 10.1. The summed E-state index contributed by atoms with van der Waals surface area (Å²) in [4.78, 5) is 16.5. The Labute approximate surface area is 109 Å². The standard InChI is InChI=1S/C12H13N3O2S/c1-7-14-6-11(18-7)12(16)15-8-3-4-9(13)10(5-8)17-2/h3-6H,13H2,1-2H3,(H,15,16). The molecule has 0 fully saturated rings. The third-order valence-corrected chi connectivity index (χ3v) is 3.25. The maximum atomic E-state index is 11.9. The highest BCUT2D eigenvalue weighted by Crippen LogP contribution is 2.25. The van der Waals surface area contributed by atoms with Gasteiger partial charge in [-0.25, -0.2) is 4.98 Å². The predicted octanol–water partition coefficient (Wildman–Crippen LogP) is 2.29. The molecule has 2 aromatic rings. The number of nitrogens with one attached hydrogen (secondary N) is 1. The second-order valence-corrected chi connectivity index (χ2v) is 4.89. The van der Waals surface area contributed by atoms with Gasteiger partial charge in [0.2, 0.25) is 0 Å². The van der Waals surface area contributed by atoms with Crippen LogP contribution in [0.25, 0.3) is 0 Å². The van der Waals surface area contributed by atoms with Crippen LogP contribution in [-0.2, 0) is 0 Å². The number of carbonyl (C=O) groups is 1. The number of rotatable bonds is 3. The number of carbonyl (C=O) groups excluding carboxylic acids is 1. The molecule has 5 nitrogen and oxygen atoms in total. The number of thiazole rings is 1. The first-order valence-electron chi connectivity index (χ1n) is 5.27. The monoisotopic (exact) mass is 263 g/mol. The maximum Gasteiger partial charge on any atom is 0.267 e. The van der Waals surface area contributed by atoms with Crippen LogP contribution < -0.4 is 15.8 Å². The fraction of sp³-hybridized carbons (Fsp3) is 0.167. The number of nitrogens with two attached hydrogens (primary N) is 1. The SMILES string of the molecule is COc1cc(NC(=O)c2cnc(C)s2)ccc1N. The summed E-state index contributed by atoms with van der Waals surface area (Å²) in [5, 5.41) is 3.63. The van der Waals surface area contributed by atoms with Crippen LogP contribution in [0.15, 0.2) is 24.4 Å². The summed E-state index contributed by atoms with van der Waals surface area (Å²) < 4.78 is 5.09. The number of anilines is 2. The van der Waals surface area contributed by atoms with Gasteiger partial charge in [-0.1, -0.05) is 0 Å². The Morgan fingerprint density at radius 2 is 2.28 bits per heavy atom. The van der Waals surface area contributed by atoms with Crippen LogP contribution in [0.1, 0.15) is 14.7 Å². The van der Waals surface area contributed by atoms with Crippen molar-refractivity contribution in [2.45, 2.75) is 6.92 Å². The third kappa shape index (κ3) is 2.60. The van der Waals surface area contributed by atoms with Gasteiger partial charge >= 0.3 is 0 Å². The number of benzene rings is 1. The molecule has 0 saturated carbocycles. The van der Waals surface area contributed by atoms with E-state index in [0.717, 1.165) is 5.01 Å². The molecular weight excluding hydrogens is 250 g/mol. The first kappa shape index (κ1) is 12.4. The molecule has 0 aliphatic carbocycles. The Morgan fingerprint density at radius 1 is 1.50 bits per heavy atom. The van der Waals surface area contributed by atoms with Crippen molar-refractivity contribution in [3.05, 3.63) is 34.3 Å². The zero-order valence-electron chi connectivity index (χ0n) is 10.1. The Kier molecular flexibility index (Phi) is 3.47. The van der Waals surface area contributed by atoms with Crippen molar-refractivity contribution in [1.82, 2.24) is 4.98 Å². The molecule has 0 unspecified atom stereocenters. The lowest BCUT2D eigenvalue weighted by Crippen LogP contribution is -2.10. The minimum atomic E-state index is -0.188. The zero-order valence-corrected chi connectivity index (χ0v) is 10.9. The number of amides is 1. The van der Waals surface area contributed by atoms with E-state index in [2.05, 4.69) is 10.3 Å². The zero-order chi connectivity index (χ0) is 13.1. The van der Waals surface area contributed by atoms with Crippen molar-refractivity contribution in [1.29, 1.82) is 0 Å². The van der Waals surface area contributed by atoms with Gasteiger partial charge < -0.3 is 15.8 Å². The molecule has 0 radical (unpaired) electrons. The van der Waals surface area contributed by atoms with Crippen LogP contribution in [0.5, 0.6) is 5.75 Å². The summed E-state index contributed by atoms with van der Waals surface area (Å²) >= 11 is 1.35. The van der Waals surface area contributed by atoms with Crippen LogP contribution in [0.4, 0.5) is 11.4 Å². The summed E-state index contributed by atoms with van der Waals surface area (Å²) in [6.45, 7) is 1.85. The molecular formula is C12H13N3O2S. The van der Waals surface area contributed by atoms with Crippen molar-refractivity contribution in [3.8, 4) is 5.75 Å². The van der Waals surface area contributed by atoms with Crippen molar-refractivity contribution >= 4 is 28.6 Å². The Morgan fingerprint density at radius 3 is 2.89 bits per heavy atom. The first-order chi connectivity index (χ1) is 8.60. The molecule has 6 heteroatoms. The van der Waals surface area contributed by atoms with E-state index in [4.69, 9.17) is 10.5 Å². The van der Waals surface area contributed by atoms with Crippen LogP contribution in [0.3, 0.4) is 0 Å². The van der Waals surface area contributed by atoms with Crippen LogP contribution in [0, 0.1) is 6.92 Å². The molecule has 1 heterocycles. The summed E-state index contributed by atoms with van der Waals surface area (Å²) in [6.07, 6.45) is 1.56. The lowest BCUT2D eigenvalue weighted by molar-refractivity contribution is 0.103. The quantitative estimate of drug-likeness (QED) is 0.833. The third-order valence-electron chi connectivity index (χ3n) is 2.34. The van der Waals surface area contributed by atoms with Gasteiger partial charge in [-0.05, 0) is 19.1 Å². The second-order valence-electron chi connectivity index (χ2n) is 3.65. The van der Waals surface area contributed by atoms with Gasteiger partial charge in [0.25, 0.3) is 5.91 Å². The maximum absolute atomic E-state index is 11.9. The molecule has 0 atom stereocenters. The highest BCUT2D eigenvalue weighted by atomic mass is 32.1. The van der Waals surface area contributed by atoms with Crippen molar-refractivity contribution in [3.63, 3.8) is 0 Å². The number of aryl methyl sites for hydroxylation is 1. The molecule has 0 spiro atoms. The van der Waals surface area contributed by atoms with Crippen molar-refractivity contribution in [2.24, 2.45) is 0 Å². The summed E-state index contributed by atoms with van der Waals surface area (Å²) in [5.41, 5.74) is 6.87. The predicted molar refractivity (Wildman–Crippen MR) is 72.2 cm³/mol. The van der Waals surface area contributed by atoms with E-state index >= 15 is 0 Å². The highest BCUT2D eigenvalue weighted by molar-refractivity contribution is 7.13. The average molecular weight is 263 g/mol. The van der Waals surface area contributed by atoms with E-state index in [-0.39, 0.29) is 5.91 Å². The first-order valence-corrected chi connectivity index (χ1v) is 6.09. The number of hydrogen-bond acceptors (Lipinski definition) is 5. The molecule has 1 aromatic heterocycles. The summed E-state index contributed by atoms with van der Waals surface area (Å²) in [5.74, 6) is 0.348. The smallest absolute Gasteiger partial charge is 0.267 e. The van der Waals surface area contributed by atoms with Crippen molar-refractivity contribution in [2.75, 3.05) is 18.2 Å². The molecule has 2 rings (SSSR count). The fourth-order valence-electron chi connectivity index (χ4n) is 1.45. The number of ether oxygens (including phenoxy) is 1. The molecule has 18 heavy (non-hydrogen) atoms. The fourth-order valence-corrected chi connectivity index (χ4v) is 2.12. The van der Waals surface area contributed by atoms with Crippen LogP contribution >= 0.6 is 11.3 Å². The summed E-state index contributed by atoms with van der Waals surface area (Å²) in [6, 6.07) is 5.09. The molecule has 0 bridgehead atoms. The lowest BCUT2D eigenvalue weighted by atomic mass is 10.2. The molecule has 0 aliphatic rings. The number of nitrogen functional groups attached to an aromatic ring is 1. The number of methoxy groups -OCH3 is 1. The summed E-state index contributed by atoms with van der Waals surface area (Å²) in [7, 11) is 1.53. The minimum Gasteiger partial charge on any atom is -0.495 e. The molecule has 1 aromatic carbocycles. The van der Waals surface area contributed by atoms with Crippen LogP contribution in [-0.4, -0.2) is 18.0 Å². The van der Waals surface area contributed by atoms with Gasteiger partial charge in [0, 0.05) is 11.8 Å². The van der Waals surface area contributed by atoms with Gasteiger partial charge in [-0.3, -0.25) is 4.79 Å². The van der Waals surface area contributed by atoms with E-state index < -0.39 is 0 Å².